The van der Waals surface area contributed by atoms with E-state index in [1.54, 1.807) is 12.1 Å². The molecular formula is C11H12BrNO2. The molecule has 1 aromatic rings. The quantitative estimate of drug-likeness (QED) is 0.468. The minimum atomic E-state index is 0.0333. The maximum Gasteiger partial charge on any atom is 0.168 e. The summed E-state index contributed by atoms with van der Waals surface area (Å²) in [6.45, 7) is 2.36. The molecule has 3 nitrogen and oxygen atoms in total. The molecule has 1 aromatic carbocycles. The molecule has 0 aromatic heterocycles. The molecule has 0 spiro atoms. The highest BCUT2D eigenvalue weighted by molar-refractivity contribution is 9.10. The Morgan fingerprint density at radius 1 is 1.47 bits per heavy atom. The third-order valence-electron chi connectivity index (χ3n) is 1.72. The fourth-order valence-electron chi connectivity index (χ4n) is 1.00. The highest BCUT2D eigenvalue weighted by atomic mass is 79.9. The van der Waals surface area contributed by atoms with E-state index in [9.17, 15) is 4.79 Å². The Kier molecular flexibility index (Phi) is 5.04. The SMILES string of the molecule is CCON=CCC(=O)c1ccc(Br)cc1. The van der Waals surface area contributed by atoms with Crippen molar-refractivity contribution in [3.8, 4) is 0 Å². The normalized spacial score (nSPS) is 10.5. The molecule has 0 aliphatic heterocycles. The summed E-state index contributed by atoms with van der Waals surface area (Å²) in [5.41, 5.74) is 0.682. The summed E-state index contributed by atoms with van der Waals surface area (Å²) in [7, 11) is 0. The highest BCUT2D eigenvalue weighted by Gasteiger charge is 2.02. The van der Waals surface area contributed by atoms with Crippen LogP contribution in [0.15, 0.2) is 33.9 Å². The number of hydrogen-bond acceptors (Lipinski definition) is 3. The highest BCUT2D eigenvalue weighted by Crippen LogP contribution is 2.11. The average Bonchev–Trinajstić information content (AvgIpc) is 2.25. The Morgan fingerprint density at radius 2 is 2.13 bits per heavy atom. The van der Waals surface area contributed by atoms with E-state index in [0.717, 1.165) is 4.47 Å². The van der Waals surface area contributed by atoms with Crippen molar-refractivity contribution < 1.29 is 9.63 Å². The summed E-state index contributed by atoms with van der Waals surface area (Å²) in [6, 6.07) is 7.24. The first kappa shape index (κ1) is 11.9. The zero-order chi connectivity index (χ0) is 11.1. The minimum Gasteiger partial charge on any atom is -0.396 e. The third kappa shape index (κ3) is 4.25. The van der Waals surface area contributed by atoms with Crippen molar-refractivity contribution in [3.63, 3.8) is 0 Å². The second-order valence-electron chi connectivity index (χ2n) is 2.84. The Labute approximate surface area is 97.2 Å². The number of nitrogens with zero attached hydrogens (tertiary/aromatic N) is 1. The molecule has 4 heteroatoms. The lowest BCUT2D eigenvalue weighted by Gasteiger charge is -1.97. The first-order chi connectivity index (χ1) is 7.24. The molecule has 0 saturated heterocycles. The monoisotopic (exact) mass is 269 g/mol. The van der Waals surface area contributed by atoms with Crippen LogP contribution in [0, 0.1) is 0 Å². The van der Waals surface area contributed by atoms with Crippen LogP contribution in [-0.2, 0) is 4.84 Å². The number of Topliss-reactive ketones (excluding diaryl/α,β-unsaturated/α-hetero) is 1. The zero-order valence-electron chi connectivity index (χ0n) is 8.44. The van der Waals surface area contributed by atoms with Gasteiger partial charge >= 0.3 is 0 Å². The smallest absolute Gasteiger partial charge is 0.168 e. The van der Waals surface area contributed by atoms with Crippen molar-refractivity contribution in [2.24, 2.45) is 5.16 Å². The summed E-state index contributed by atoms with van der Waals surface area (Å²) in [5, 5.41) is 3.62. The molecule has 0 N–H and O–H groups in total. The van der Waals surface area contributed by atoms with Gasteiger partial charge in [-0.1, -0.05) is 33.2 Å². The molecule has 80 valence electrons. The van der Waals surface area contributed by atoms with E-state index in [1.165, 1.54) is 6.21 Å². The van der Waals surface area contributed by atoms with Gasteiger partial charge in [0.05, 0.1) is 6.21 Å². The van der Waals surface area contributed by atoms with Crippen LogP contribution in [0.2, 0.25) is 0 Å². The van der Waals surface area contributed by atoms with E-state index in [2.05, 4.69) is 21.1 Å². The van der Waals surface area contributed by atoms with Crippen molar-refractivity contribution >= 4 is 27.9 Å². The summed E-state index contributed by atoms with van der Waals surface area (Å²) >= 11 is 3.31. The lowest BCUT2D eigenvalue weighted by atomic mass is 10.1. The molecule has 0 saturated carbocycles. The van der Waals surface area contributed by atoms with Crippen LogP contribution in [0.5, 0.6) is 0 Å². The summed E-state index contributed by atoms with van der Waals surface area (Å²) in [5.74, 6) is 0.0333. The number of carbonyl (C=O) groups excluding carboxylic acids is 1. The molecule has 0 aliphatic rings. The molecule has 0 heterocycles. The molecular weight excluding hydrogens is 258 g/mol. The minimum absolute atomic E-state index is 0.0333. The number of rotatable bonds is 5. The van der Waals surface area contributed by atoms with Gasteiger partial charge in [-0.25, -0.2) is 0 Å². The molecule has 0 unspecified atom stereocenters. The van der Waals surface area contributed by atoms with Crippen LogP contribution in [0.25, 0.3) is 0 Å². The maximum absolute atomic E-state index is 11.6. The van der Waals surface area contributed by atoms with Gasteiger partial charge in [0.15, 0.2) is 5.78 Å². The van der Waals surface area contributed by atoms with E-state index in [1.807, 2.05) is 19.1 Å². The maximum atomic E-state index is 11.6. The fraction of sp³-hybridized carbons (Fsp3) is 0.273. The van der Waals surface area contributed by atoms with Gasteiger partial charge in [0.2, 0.25) is 0 Å². The van der Waals surface area contributed by atoms with Gasteiger partial charge in [0.1, 0.15) is 6.61 Å². The summed E-state index contributed by atoms with van der Waals surface area (Å²) in [4.78, 5) is 16.3. The van der Waals surface area contributed by atoms with Gasteiger partial charge < -0.3 is 4.84 Å². The van der Waals surface area contributed by atoms with Crippen LogP contribution in [-0.4, -0.2) is 18.6 Å². The van der Waals surface area contributed by atoms with Gasteiger partial charge in [-0.15, -0.1) is 0 Å². The van der Waals surface area contributed by atoms with Gasteiger partial charge in [-0.3, -0.25) is 4.79 Å². The standard InChI is InChI=1S/C11H12BrNO2/c1-2-15-13-8-7-11(14)9-3-5-10(12)6-4-9/h3-6,8H,2,7H2,1H3. The van der Waals surface area contributed by atoms with Gasteiger partial charge in [-0.05, 0) is 19.1 Å². The van der Waals surface area contributed by atoms with Gasteiger partial charge in [-0.2, -0.15) is 0 Å². The average molecular weight is 270 g/mol. The van der Waals surface area contributed by atoms with Crippen molar-refractivity contribution in [1.29, 1.82) is 0 Å². The summed E-state index contributed by atoms with van der Waals surface area (Å²) in [6.07, 6.45) is 1.75. The lowest BCUT2D eigenvalue weighted by Crippen LogP contribution is -1.99. The van der Waals surface area contributed by atoms with Crippen LogP contribution in [0.1, 0.15) is 23.7 Å². The second kappa shape index (κ2) is 6.35. The number of oxime groups is 1. The molecule has 0 aliphatic carbocycles. The second-order valence-corrected chi connectivity index (χ2v) is 3.76. The Balaban J connectivity index is 2.50. The van der Waals surface area contributed by atoms with E-state index in [4.69, 9.17) is 4.84 Å². The summed E-state index contributed by atoms with van der Waals surface area (Å²) < 4.78 is 0.960. The predicted molar refractivity (Wildman–Crippen MR) is 63.2 cm³/mol. The van der Waals surface area contributed by atoms with Crippen molar-refractivity contribution in [3.05, 3.63) is 34.3 Å². The zero-order valence-corrected chi connectivity index (χ0v) is 10.0. The third-order valence-corrected chi connectivity index (χ3v) is 2.25. The van der Waals surface area contributed by atoms with Crippen LogP contribution in [0.4, 0.5) is 0 Å². The topological polar surface area (TPSA) is 38.7 Å². The molecule has 1 rings (SSSR count). The number of halogens is 1. The van der Waals surface area contributed by atoms with Crippen molar-refractivity contribution in [2.75, 3.05) is 6.61 Å². The largest absolute Gasteiger partial charge is 0.396 e. The molecule has 0 atom stereocenters. The number of benzene rings is 1. The number of carbonyl (C=O) groups is 1. The van der Waals surface area contributed by atoms with Crippen LogP contribution >= 0.6 is 15.9 Å². The van der Waals surface area contributed by atoms with Crippen molar-refractivity contribution in [2.45, 2.75) is 13.3 Å². The lowest BCUT2D eigenvalue weighted by molar-refractivity contribution is 0.0998. The van der Waals surface area contributed by atoms with E-state index in [-0.39, 0.29) is 12.2 Å². The van der Waals surface area contributed by atoms with E-state index >= 15 is 0 Å². The number of hydrogen-bond donors (Lipinski definition) is 0. The molecule has 15 heavy (non-hydrogen) atoms. The van der Waals surface area contributed by atoms with Crippen molar-refractivity contribution in [1.82, 2.24) is 0 Å². The number of ketones is 1. The van der Waals surface area contributed by atoms with Gasteiger partial charge in [0, 0.05) is 16.5 Å². The Morgan fingerprint density at radius 3 is 2.73 bits per heavy atom. The fourth-order valence-corrected chi connectivity index (χ4v) is 1.27. The molecule has 0 amide bonds. The molecule has 0 fully saturated rings. The molecule has 0 radical (unpaired) electrons. The Bertz CT molecular complexity index is 346. The first-order valence-electron chi connectivity index (χ1n) is 4.66. The van der Waals surface area contributed by atoms with E-state index < -0.39 is 0 Å². The van der Waals surface area contributed by atoms with Gasteiger partial charge in [0.25, 0.3) is 0 Å². The van der Waals surface area contributed by atoms with Crippen LogP contribution < -0.4 is 0 Å². The van der Waals surface area contributed by atoms with E-state index in [0.29, 0.717) is 12.2 Å². The molecule has 0 bridgehead atoms. The van der Waals surface area contributed by atoms with Crippen LogP contribution in [0.3, 0.4) is 0 Å². The predicted octanol–water partition coefficient (Wildman–Crippen LogP) is 3.04. The first-order valence-corrected chi connectivity index (χ1v) is 5.46. The Hall–Kier alpha value is -1.16.